The molecule has 0 bridgehead atoms. The Labute approximate surface area is 73.9 Å². The Morgan fingerprint density at radius 1 is 1.25 bits per heavy atom. The van der Waals surface area contributed by atoms with Gasteiger partial charge in [0.25, 0.3) is 0 Å². The predicted molar refractivity (Wildman–Crippen MR) is 48.9 cm³/mol. The highest BCUT2D eigenvalue weighted by Gasteiger charge is 2.04. The second kappa shape index (κ2) is 4.99. The van der Waals surface area contributed by atoms with Crippen molar-refractivity contribution < 1.29 is 9.47 Å². The predicted octanol–water partition coefficient (Wildman–Crippen LogP) is 2.27. The Morgan fingerprint density at radius 3 is 2.58 bits per heavy atom. The summed E-state index contributed by atoms with van der Waals surface area (Å²) in [6.45, 7) is 0.821. The smallest absolute Gasteiger partial charge is 0.0956 e. The van der Waals surface area contributed by atoms with Crippen LogP contribution in [0.2, 0.25) is 0 Å². The third kappa shape index (κ3) is 2.70. The van der Waals surface area contributed by atoms with Crippen molar-refractivity contribution in [1.82, 2.24) is 0 Å². The molecule has 0 atom stereocenters. The van der Waals surface area contributed by atoms with Gasteiger partial charge in [-0.3, -0.25) is 0 Å². The lowest BCUT2D eigenvalue weighted by Gasteiger charge is -2.12. The van der Waals surface area contributed by atoms with Gasteiger partial charge in [-0.25, -0.2) is 0 Å². The highest BCUT2D eigenvalue weighted by Crippen LogP contribution is 2.19. The van der Waals surface area contributed by atoms with Gasteiger partial charge in [-0.2, -0.15) is 0 Å². The average Bonchev–Trinajstić information content (AvgIpc) is 2.15. The Bertz CT molecular complexity index is 192. The van der Waals surface area contributed by atoms with Crippen LogP contribution in [0.15, 0.2) is 23.5 Å². The molecule has 2 heteroatoms. The van der Waals surface area contributed by atoms with Crippen molar-refractivity contribution in [3.8, 4) is 0 Å². The van der Waals surface area contributed by atoms with Crippen LogP contribution in [0.3, 0.4) is 0 Å². The van der Waals surface area contributed by atoms with E-state index in [1.807, 2.05) is 0 Å². The normalized spacial score (nSPS) is 16.8. The minimum atomic E-state index is 0.821. The zero-order valence-corrected chi connectivity index (χ0v) is 7.80. The van der Waals surface area contributed by atoms with Gasteiger partial charge in [0, 0.05) is 20.1 Å². The van der Waals surface area contributed by atoms with Crippen molar-refractivity contribution >= 4 is 0 Å². The summed E-state index contributed by atoms with van der Waals surface area (Å²) in [6, 6.07) is 0. The molecule has 0 aromatic heterocycles. The first-order valence-electron chi connectivity index (χ1n) is 4.26. The molecule has 0 N–H and O–H groups in total. The van der Waals surface area contributed by atoms with Gasteiger partial charge < -0.3 is 9.47 Å². The molecule has 1 aliphatic carbocycles. The fourth-order valence-corrected chi connectivity index (χ4v) is 1.26. The van der Waals surface area contributed by atoms with Crippen molar-refractivity contribution in [2.75, 3.05) is 20.8 Å². The molecule has 0 saturated carbocycles. The molecule has 0 fully saturated rings. The summed E-state index contributed by atoms with van der Waals surface area (Å²) in [5.74, 6) is 1.08. The number of ether oxygens (including phenoxy) is 2. The lowest BCUT2D eigenvalue weighted by atomic mass is 10.0. The van der Waals surface area contributed by atoms with E-state index in [0.29, 0.717) is 0 Å². The van der Waals surface area contributed by atoms with E-state index in [9.17, 15) is 0 Å². The first-order chi connectivity index (χ1) is 5.86. The molecule has 2 nitrogen and oxygen atoms in total. The van der Waals surface area contributed by atoms with Crippen LogP contribution in [0.1, 0.15) is 19.3 Å². The van der Waals surface area contributed by atoms with E-state index < -0.39 is 0 Å². The molecule has 0 aromatic carbocycles. The van der Waals surface area contributed by atoms with Crippen LogP contribution in [0, 0.1) is 0 Å². The zero-order chi connectivity index (χ0) is 8.81. The molecular weight excluding hydrogens is 152 g/mol. The second-order valence-electron chi connectivity index (χ2n) is 2.89. The maximum absolute atomic E-state index is 5.13. The lowest BCUT2D eigenvalue weighted by Crippen LogP contribution is -1.97. The molecule has 0 heterocycles. The molecule has 1 aliphatic rings. The first kappa shape index (κ1) is 9.33. The fraction of sp³-hybridized carbons (Fsp3) is 0.600. The molecule has 0 saturated heterocycles. The molecule has 0 aromatic rings. The van der Waals surface area contributed by atoms with Crippen LogP contribution < -0.4 is 0 Å². The molecule has 0 amide bonds. The Morgan fingerprint density at radius 2 is 2.08 bits per heavy atom. The van der Waals surface area contributed by atoms with Crippen molar-refractivity contribution in [3.63, 3.8) is 0 Å². The Kier molecular flexibility index (Phi) is 3.88. The van der Waals surface area contributed by atoms with Gasteiger partial charge in [-0.15, -0.1) is 0 Å². The average molecular weight is 168 g/mol. The van der Waals surface area contributed by atoms with E-state index in [2.05, 4.69) is 12.2 Å². The third-order valence-corrected chi connectivity index (χ3v) is 2.07. The summed E-state index contributed by atoms with van der Waals surface area (Å²) in [5, 5.41) is 0. The van der Waals surface area contributed by atoms with Gasteiger partial charge in [-0.1, -0.05) is 11.6 Å². The van der Waals surface area contributed by atoms with Gasteiger partial charge in [-0.05, 0) is 18.9 Å². The van der Waals surface area contributed by atoms with Gasteiger partial charge in [0.05, 0.1) is 12.9 Å². The van der Waals surface area contributed by atoms with Crippen LogP contribution in [0.4, 0.5) is 0 Å². The number of rotatable bonds is 4. The molecule has 12 heavy (non-hydrogen) atoms. The summed E-state index contributed by atoms with van der Waals surface area (Å²) in [7, 11) is 3.46. The maximum atomic E-state index is 5.13. The Hall–Kier alpha value is -0.760. The SMILES string of the molecule is COCCC1=CCC(OC)=CC1. The number of hydrogen-bond donors (Lipinski definition) is 0. The molecule has 0 radical (unpaired) electrons. The fourth-order valence-electron chi connectivity index (χ4n) is 1.26. The monoisotopic (exact) mass is 168 g/mol. The molecule has 68 valence electrons. The topological polar surface area (TPSA) is 18.5 Å². The van der Waals surface area contributed by atoms with Crippen molar-refractivity contribution in [1.29, 1.82) is 0 Å². The van der Waals surface area contributed by atoms with E-state index in [1.54, 1.807) is 14.2 Å². The first-order valence-corrected chi connectivity index (χ1v) is 4.26. The van der Waals surface area contributed by atoms with Crippen LogP contribution in [-0.2, 0) is 9.47 Å². The third-order valence-electron chi connectivity index (χ3n) is 2.07. The largest absolute Gasteiger partial charge is 0.501 e. The van der Waals surface area contributed by atoms with Gasteiger partial charge >= 0.3 is 0 Å². The molecular formula is C10H16O2. The van der Waals surface area contributed by atoms with E-state index in [1.165, 1.54) is 5.57 Å². The zero-order valence-electron chi connectivity index (χ0n) is 7.80. The van der Waals surface area contributed by atoms with E-state index in [0.717, 1.165) is 31.6 Å². The summed E-state index contributed by atoms with van der Waals surface area (Å²) in [6.07, 6.45) is 7.38. The number of allylic oxidation sites excluding steroid dienone is 2. The highest BCUT2D eigenvalue weighted by atomic mass is 16.5. The van der Waals surface area contributed by atoms with Crippen LogP contribution in [-0.4, -0.2) is 20.8 Å². The highest BCUT2D eigenvalue weighted by molar-refractivity contribution is 5.18. The maximum Gasteiger partial charge on any atom is 0.0956 e. The van der Waals surface area contributed by atoms with Gasteiger partial charge in [0.15, 0.2) is 0 Å². The van der Waals surface area contributed by atoms with Crippen LogP contribution >= 0.6 is 0 Å². The molecule has 0 spiro atoms. The second-order valence-corrected chi connectivity index (χ2v) is 2.89. The summed E-state index contributed by atoms with van der Waals surface area (Å²) in [5.41, 5.74) is 1.46. The molecule has 0 aliphatic heterocycles. The number of methoxy groups -OCH3 is 2. The summed E-state index contributed by atoms with van der Waals surface area (Å²) < 4.78 is 10.1. The van der Waals surface area contributed by atoms with Crippen LogP contribution in [0.25, 0.3) is 0 Å². The van der Waals surface area contributed by atoms with Crippen molar-refractivity contribution in [2.24, 2.45) is 0 Å². The van der Waals surface area contributed by atoms with E-state index >= 15 is 0 Å². The van der Waals surface area contributed by atoms with Gasteiger partial charge in [0.1, 0.15) is 0 Å². The lowest BCUT2D eigenvalue weighted by molar-refractivity contribution is 0.201. The molecule has 1 rings (SSSR count). The van der Waals surface area contributed by atoms with Crippen LogP contribution in [0.5, 0.6) is 0 Å². The number of hydrogen-bond acceptors (Lipinski definition) is 2. The Balaban J connectivity index is 2.29. The summed E-state index contributed by atoms with van der Waals surface area (Å²) in [4.78, 5) is 0. The van der Waals surface area contributed by atoms with Crippen molar-refractivity contribution in [2.45, 2.75) is 19.3 Å². The van der Waals surface area contributed by atoms with Crippen molar-refractivity contribution in [3.05, 3.63) is 23.5 Å². The summed E-state index contributed by atoms with van der Waals surface area (Å²) >= 11 is 0. The molecule has 0 unspecified atom stereocenters. The van der Waals surface area contributed by atoms with Gasteiger partial charge in [0.2, 0.25) is 0 Å². The quantitative estimate of drug-likeness (QED) is 0.599. The van der Waals surface area contributed by atoms with E-state index in [4.69, 9.17) is 9.47 Å². The van der Waals surface area contributed by atoms with E-state index in [-0.39, 0.29) is 0 Å². The standard InChI is InChI=1S/C10H16O2/c1-11-8-7-9-3-5-10(12-2)6-4-9/h3,6H,4-5,7-8H2,1-2H3. The minimum Gasteiger partial charge on any atom is -0.501 e. The minimum absolute atomic E-state index is 0.821.